The van der Waals surface area contributed by atoms with Crippen LogP contribution in [-0.2, 0) is 6.54 Å². The number of benzene rings is 1. The highest BCUT2D eigenvalue weighted by atomic mass is 16.2. The van der Waals surface area contributed by atoms with Gasteiger partial charge in [-0.3, -0.25) is 4.79 Å². The fourth-order valence-corrected chi connectivity index (χ4v) is 3.41. The number of carbonyl (C=O) groups excluding carboxylic acids is 1. The molecule has 0 saturated carbocycles. The molecule has 1 N–H and O–H groups in total. The molecule has 1 aliphatic heterocycles. The first-order valence-electron chi connectivity index (χ1n) is 8.80. The first kappa shape index (κ1) is 16.7. The van der Waals surface area contributed by atoms with Gasteiger partial charge in [-0.25, -0.2) is 4.98 Å². The van der Waals surface area contributed by atoms with Crippen LogP contribution in [0.3, 0.4) is 0 Å². The zero-order chi connectivity index (χ0) is 16.9. The zero-order valence-corrected chi connectivity index (χ0v) is 14.5. The van der Waals surface area contributed by atoms with Crippen molar-refractivity contribution in [3.8, 4) is 0 Å². The summed E-state index contributed by atoms with van der Waals surface area (Å²) in [5, 5.41) is 3.67. The molecule has 2 aromatic rings. The van der Waals surface area contributed by atoms with Gasteiger partial charge in [0, 0.05) is 43.6 Å². The summed E-state index contributed by atoms with van der Waals surface area (Å²) in [5.41, 5.74) is 0.780. The Morgan fingerprint density at radius 3 is 2.67 bits per heavy atom. The number of aromatic nitrogens is 2. The molecule has 1 unspecified atom stereocenters. The topological polar surface area (TPSA) is 50.2 Å². The predicted molar refractivity (Wildman–Crippen MR) is 94.8 cm³/mol. The van der Waals surface area contributed by atoms with Gasteiger partial charge in [0.2, 0.25) is 0 Å². The summed E-state index contributed by atoms with van der Waals surface area (Å²) in [6.07, 6.45) is 5.85. The predicted octanol–water partition coefficient (Wildman–Crippen LogP) is 2.86. The summed E-state index contributed by atoms with van der Waals surface area (Å²) in [5.74, 6) is 1.23. The maximum Gasteiger partial charge on any atom is 0.253 e. The molecule has 0 spiro atoms. The van der Waals surface area contributed by atoms with Crippen molar-refractivity contribution < 1.29 is 4.79 Å². The number of imidazole rings is 1. The third-order valence-corrected chi connectivity index (χ3v) is 4.76. The summed E-state index contributed by atoms with van der Waals surface area (Å²) >= 11 is 0. The van der Waals surface area contributed by atoms with Crippen molar-refractivity contribution in [1.29, 1.82) is 0 Å². The molecule has 5 nitrogen and oxygen atoms in total. The number of likely N-dealkylation sites (tertiary alicyclic amines) is 1. The van der Waals surface area contributed by atoms with E-state index in [1.54, 1.807) is 0 Å². The summed E-state index contributed by atoms with van der Waals surface area (Å²) in [7, 11) is 0. The van der Waals surface area contributed by atoms with E-state index in [2.05, 4.69) is 28.7 Å². The monoisotopic (exact) mass is 326 g/mol. The van der Waals surface area contributed by atoms with Crippen LogP contribution in [0.5, 0.6) is 0 Å². The minimum Gasteiger partial charge on any atom is -0.339 e. The van der Waals surface area contributed by atoms with Crippen LogP contribution in [0.2, 0.25) is 0 Å². The lowest BCUT2D eigenvalue weighted by molar-refractivity contribution is 0.0702. The van der Waals surface area contributed by atoms with Crippen LogP contribution in [0.25, 0.3) is 0 Å². The summed E-state index contributed by atoms with van der Waals surface area (Å²) in [4.78, 5) is 18.9. The number of hydrogen-bond acceptors (Lipinski definition) is 3. The second kappa shape index (κ2) is 7.62. The summed E-state index contributed by atoms with van der Waals surface area (Å²) in [6, 6.07) is 10.2. The van der Waals surface area contributed by atoms with Crippen molar-refractivity contribution in [3.05, 3.63) is 54.1 Å². The molecule has 0 radical (unpaired) electrons. The minimum atomic E-state index is 0.142. The Morgan fingerprint density at radius 2 is 2.00 bits per heavy atom. The molecule has 5 heteroatoms. The van der Waals surface area contributed by atoms with E-state index in [1.165, 1.54) is 0 Å². The number of hydrogen-bond donors (Lipinski definition) is 1. The highest BCUT2D eigenvalue weighted by Crippen LogP contribution is 2.18. The van der Waals surface area contributed by atoms with Gasteiger partial charge in [0.05, 0.1) is 6.04 Å². The lowest BCUT2D eigenvalue weighted by atomic mass is 10.0. The molecule has 1 amide bonds. The molecule has 1 aromatic carbocycles. The normalized spacial score (nSPS) is 17.0. The second-order valence-electron chi connectivity index (χ2n) is 6.39. The Morgan fingerprint density at radius 1 is 1.29 bits per heavy atom. The Kier molecular flexibility index (Phi) is 5.30. The number of nitrogens with one attached hydrogen (secondary N) is 1. The van der Waals surface area contributed by atoms with Crippen molar-refractivity contribution in [2.75, 3.05) is 13.1 Å². The molecule has 1 aromatic heterocycles. The second-order valence-corrected chi connectivity index (χ2v) is 6.39. The maximum atomic E-state index is 12.5. The molecular formula is C19H26N4O. The summed E-state index contributed by atoms with van der Waals surface area (Å²) < 4.78 is 2.17. The quantitative estimate of drug-likeness (QED) is 0.919. The molecule has 1 atom stereocenters. The summed E-state index contributed by atoms with van der Waals surface area (Å²) in [6.45, 7) is 6.84. The molecule has 1 saturated heterocycles. The van der Waals surface area contributed by atoms with Crippen molar-refractivity contribution in [3.63, 3.8) is 0 Å². The number of amides is 1. The molecule has 3 rings (SSSR count). The molecule has 1 aliphatic rings. The van der Waals surface area contributed by atoms with E-state index >= 15 is 0 Å². The van der Waals surface area contributed by atoms with Crippen molar-refractivity contribution in [2.24, 2.45) is 0 Å². The van der Waals surface area contributed by atoms with Crippen molar-refractivity contribution >= 4 is 5.91 Å². The van der Waals surface area contributed by atoms with Crippen LogP contribution >= 0.6 is 0 Å². The van der Waals surface area contributed by atoms with Crippen LogP contribution in [-0.4, -0.2) is 39.5 Å². The van der Waals surface area contributed by atoms with Gasteiger partial charge < -0.3 is 14.8 Å². The zero-order valence-electron chi connectivity index (χ0n) is 14.5. The number of aryl methyl sites for hydroxylation is 1. The van der Waals surface area contributed by atoms with Crippen LogP contribution in [0, 0.1) is 0 Å². The minimum absolute atomic E-state index is 0.142. The van der Waals surface area contributed by atoms with Gasteiger partial charge in [-0.2, -0.15) is 0 Å². The molecular weight excluding hydrogens is 300 g/mol. The van der Waals surface area contributed by atoms with E-state index in [4.69, 9.17) is 0 Å². The van der Waals surface area contributed by atoms with E-state index in [1.807, 2.05) is 47.6 Å². The average molecular weight is 326 g/mol. The smallest absolute Gasteiger partial charge is 0.253 e. The third kappa shape index (κ3) is 3.67. The van der Waals surface area contributed by atoms with Crippen LogP contribution in [0.15, 0.2) is 42.7 Å². The number of piperidine rings is 1. The first-order valence-corrected chi connectivity index (χ1v) is 8.80. The van der Waals surface area contributed by atoms with E-state index < -0.39 is 0 Å². The van der Waals surface area contributed by atoms with Gasteiger partial charge in [0.15, 0.2) is 0 Å². The van der Waals surface area contributed by atoms with Crippen molar-refractivity contribution in [1.82, 2.24) is 19.8 Å². The van der Waals surface area contributed by atoms with Crippen LogP contribution in [0.1, 0.15) is 48.9 Å². The lowest BCUT2D eigenvalue weighted by Crippen LogP contribution is -2.45. The number of rotatable bonds is 5. The molecule has 128 valence electrons. The van der Waals surface area contributed by atoms with Crippen LogP contribution < -0.4 is 5.32 Å². The van der Waals surface area contributed by atoms with Crippen LogP contribution in [0.4, 0.5) is 0 Å². The van der Waals surface area contributed by atoms with E-state index in [0.717, 1.165) is 43.9 Å². The van der Waals surface area contributed by atoms with E-state index in [0.29, 0.717) is 6.04 Å². The Bertz CT molecular complexity index is 659. The SMILES string of the molecule is CCn1ccnc1C(C)NC1CCN(C(=O)c2ccccc2)CC1. The molecule has 2 heterocycles. The Balaban J connectivity index is 1.53. The fraction of sp³-hybridized carbons (Fsp3) is 0.474. The Labute approximate surface area is 143 Å². The fourth-order valence-electron chi connectivity index (χ4n) is 3.41. The third-order valence-electron chi connectivity index (χ3n) is 4.76. The molecule has 1 fully saturated rings. The van der Waals surface area contributed by atoms with Gasteiger partial charge in [-0.1, -0.05) is 18.2 Å². The van der Waals surface area contributed by atoms with Gasteiger partial charge in [0.1, 0.15) is 5.82 Å². The standard InChI is InChI=1S/C19H26N4O/c1-3-22-14-11-20-18(22)15(2)21-17-9-12-23(13-10-17)19(24)16-7-5-4-6-8-16/h4-8,11,14-15,17,21H,3,9-10,12-13H2,1-2H3. The van der Waals surface area contributed by atoms with E-state index in [9.17, 15) is 4.79 Å². The molecule has 0 aliphatic carbocycles. The average Bonchev–Trinajstić information content (AvgIpc) is 3.11. The van der Waals surface area contributed by atoms with Crippen molar-refractivity contribution in [2.45, 2.75) is 45.3 Å². The number of carbonyl (C=O) groups is 1. The maximum absolute atomic E-state index is 12.5. The van der Waals surface area contributed by atoms with Gasteiger partial charge in [0.25, 0.3) is 5.91 Å². The van der Waals surface area contributed by atoms with Gasteiger partial charge >= 0.3 is 0 Å². The molecule has 24 heavy (non-hydrogen) atoms. The highest BCUT2D eigenvalue weighted by Gasteiger charge is 2.25. The lowest BCUT2D eigenvalue weighted by Gasteiger charge is -2.34. The van der Waals surface area contributed by atoms with Gasteiger partial charge in [-0.15, -0.1) is 0 Å². The number of nitrogens with zero attached hydrogens (tertiary/aromatic N) is 3. The Hall–Kier alpha value is -2.14. The van der Waals surface area contributed by atoms with Gasteiger partial charge in [-0.05, 0) is 38.8 Å². The highest BCUT2D eigenvalue weighted by molar-refractivity contribution is 5.94. The molecule has 0 bridgehead atoms. The largest absolute Gasteiger partial charge is 0.339 e. The first-order chi connectivity index (χ1) is 11.7. The van der Waals surface area contributed by atoms with E-state index in [-0.39, 0.29) is 11.9 Å².